The topological polar surface area (TPSA) is 89.4 Å². The number of rotatable bonds is 11. The molecule has 1 aromatic heterocycles. The fourth-order valence-electron chi connectivity index (χ4n) is 1.68. The predicted octanol–water partition coefficient (Wildman–Crippen LogP) is 3.31. The lowest BCUT2D eigenvalue weighted by Crippen LogP contribution is -2.09. The highest BCUT2D eigenvalue weighted by atomic mass is 19.1. The van der Waals surface area contributed by atoms with Gasteiger partial charge in [-0.25, -0.2) is 18.7 Å². The predicted molar refractivity (Wildman–Crippen MR) is 94.4 cm³/mol. The van der Waals surface area contributed by atoms with Crippen LogP contribution in [0.3, 0.4) is 0 Å². The number of anilines is 1. The van der Waals surface area contributed by atoms with Gasteiger partial charge in [0.25, 0.3) is 0 Å². The molecule has 0 atom stereocenters. The number of nitrogens with one attached hydrogen (secondary N) is 2. The zero-order valence-corrected chi connectivity index (χ0v) is 14.5. The van der Waals surface area contributed by atoms with E-state index in [4.69, 9.17) is 19.6 Å². The zero-order valence-electron chi connectivity index (χ0n) is 14.5. The van der Waals surface area contributed by atoms with Crippen LogP contribution in [0.5, 0.6) is 5.75 Å². The third-order valence-electron chi connectivity index (χ3n) is 2.94. The molecule has 0 aliphatic carbocycles. The molecule has 0 bridgehead atoms. The van der Waals surface area contributed by atoms with Crippen LogP contribution in [0.25, 0.3) is 0 Å². The summed E-state index contributed by atoms with van der Waals surface area (Å²) in [7, 11) is 2.52. The van der Waals surface area contributed by atoms with Crippen LogP contribution in [-0.4, -0.2) is 43.6 Å². The molecular formula is C17H20F2N4O3. The minimum Gasteiger partial charge on any atom is -0.494 e. The summed E-state index contributed by atoms with van der Waals surface area (Å²) in [5.41, 5.74) is -0.0720. The Hall–Kier alpha value is -3.07. The number of aromatic nitrogens is 2. The number of ether oxygens (including phenoxy) is 3. The van der Waals surface area contributed by atoms with Gasteiger partial charge in [-0.1, -0.05) is 13.2 Å². The Morgan fingerprint density at radius 2 is 1.92 bits per heavy atom. The maximum absolute atomic E-state index is 14.4. The molecule has 0 aliphatic rings. The maximum atomic E-state index is 14.4. The molecule has 0 aliphatic heterocycles. The minimum atomic E-state index is -0.946. The van der Waals surface area contributed by atoms with Gasteiger partial charge in [-0.05, 0) is 6.08 Å². The highest BCUT2D eigenvalue weighted by molar-refractivity contribution is 5.78. The van der Waals surface area contributed by atoms with Crippen LogP contribution in [-0.2, 0) is 9.47 Å². The SMILES string of the molecule is C=C/C(OC)=C(F)\C(COc1cnc(NC(=C)C=N)nc1)=C(\F)COC. The Bertz CT molecular complexity index is 715. The molecule has 0 saturated heterocycles. The number of hydrogen-bond acceptors (Lipinski definition) is 7. The van der Waals surface area contributed by atoms with Crippen LogP contribution in [0.2, 0.25) is 0 Å². The van der Waals surface area contributed by atoms with E-state index in [1.54, 1.807) is 0 Å². The first-order valence-electron chi connectivity index (χ1n) is 7.31. The summed E-state index contributed by atoms with van der Waals surface area (Å²) < 4.78 is 43.4. The average molecular weight is 366 g/mol. The van der Waals surface area contributed by atoms with Gasteiger partial charge in [0.1, 0.15) is 12.4 Å². The van der Waals surface area contributed by atoms with Crippen molar-refractivity contribution in [2.75, 3.05) is 32.8 Å². The van der Waals surface area contributed by atoms with E-state index in [9.17, 15) is 8.78 Å². The van der Waals surface area contributed by atoms with Gasteiger partial charge >= 0.3 is 0 Å². The van der Waals surface area contributed by atoms with E-state index >= 15 is 0 Å². The molecule has 1 heterocycles. The van der Waals surface area contributed by atoms with Crippen molar-refractivity contribution in [3.05, 3.63) is 60.3 Å². The molecule has 26 heavy (non-hydrogen) atoms. The number of methoxy groups -OCH3 is 2. The number of halogens is 2. The third-order valence-corrected chi connectivity index (χ3v) is 2.94. The second-order valence-electron chi connectivity index (χ2n) is 4.73. The first kappa shape index (κ1) is 21.0. The Kier molecular flexibility index (Phi) is 8.65. The molecule has 1 rings (SSSR count). The average Bonchev–Trinajstić information content (AvgIpc) is 2.64. The lowest BCUT2D eigenvalue weighted by molar-refractivity contribution is 0.202. The molecule has 0 fully saturated rings. The van der Waals surface area contributed by atoms with Gasteiger partial charge in [-0.15, -0.1) is 0 Å². The van der Waals surface area contributed by atoms with Crippen molar-refractivity contribution in [3.8, 4) is 5.75 Å². The van der Waals surface area contributed by atoms with Crippen LogP contribution < -0.4 is 10.1 Å². The first-order valence-corrected chi connectivity index (χ1v) is 7.31. The minimum absolute atomic E-state index is 0.184. The van der Waals surface area contributed by atoms with Gasteiger partial charge in [0.15, 0.2) is 17.3 Å². The highest BCUT2D eigenvalue weighted by Crippen LogP contribution is 2.24. The number of allylic oxidation sites excluding steroid dienone is 2. The van der Waals surface area contributed by atoms with E-state index in [2.05, 4.69) is 28.4 Å². The Morgan fingerprint density at radius 1 is 1.27 bits per heavy atom. The molecule has 0 aromatic carbocycles. The van der Waals surface area contributed by atoms with Crippen molar-refractivity contribution < 1.29 is 23.0 Å². The molecule has 0 radical (unpaired) electrons. The number of nitrogens with zero attached hydrogens (tertiary/aromatic N) is 2. The smallest absolute Gasteiger partial charge is 0.227 e. The Labute approximate surface area is 150 Å². The Balaban J connectivity index is 2.95. The van der Waals surface area contributed by atoms with Crippen molar-refractivity contribution in [3.63, 3.8) is 0 Å². The lowest BCUT2D eigenvalue weighted by Gasteiger charge is -2.12. The van der Waals surface area contributed by atoms with Crippen molar-refractivity contribution >= 4 is 12.2 Å². The van der Waals surface area contributed by atoms with Gasteiger partial charge in [0.05, 0.1) is 37.4 Å². The Morgan fingerprint density at radius 3 is 2.42 bits per heavy atom. The summed E-state index contributed by atoms with van der Waals surface area (Å²) in [6.07, 6.45) is 4.75. The van der Waals surface area contributed by atoms with Crippen molar-refractivity contribution in [1.29, 1.82) is 5.41 Å². The van der Waals surface area contributed by atoms with Crippen LogP contribution in [0.15, 0.2) is 60.3 Å². The first-order chi connectivity index (χ1) is 12.5. The molecule has 0 saturated carbocycles. The van der Waals surface area contributed by atoms with E-state index in [0.29, 0.717) is 5.70 Å². The fraction of sp³-hybridized carbons (Fsp3) is 0.235. The standard InChI is InChI=1S/C17H20F2N4O3/c1-5-15(25-4)16(19)13(14(18)10-24-3)9-26-12-7-21-17(22-8-12)23-11(2)6-20/h5-8,20H,1-2,9-10H2,3-4H3,(H,21,22,23)/b14-13+,16-15-,20-6?. The lowest BCUT2D eigenvalue weighted by atomic mass is 10.2. The summed E-state index contributed by atoms with van der Waals surface area (Å²) >= 11 is 0. The molecule has 140 valence electrons. The van der Waals surface area contributed by atoms with E-state index in [-0.39, 0.29) is 23.0 Å². The number of hydrogen-bond donors (Lipinski definition) is 2. The van der Waals surface area contributed by atoms with Gasteiger partial charge in [0.2, 0.25) is 5.95 Å². The van der Waals surface area contributed by atoms with Crippen LogP contribution in [0.4, 0.5) is 14.7 Å². The third kappa shape index (κ3) is 6.10. The summed E-state index contributed by atoms with van der Waals surface area (Å²) in [4.78, 5) is 7.89. The quantitative estimate of drug-likeness (QED) is 0.355. The molecule has 7 nitrogen and oxygen atoms in total. The summed E-state index contributed by atoms with van der Waals surface area (Å²) in [6.45, 7) is 6.09. The van der Waals surface area contributed by atoms with Gasteiger partial charge in [-0.3, -0.25) is 0 Å². The van der Waals surface area contributed by atoms with Crippen LogP contribution >= 0.6 is 0 Å². The second-order valence-corrected chi connectivity index (χ2v) is 4.73. The molecule has 0 unspecified atom stereocenters. The van der Waals surface area contributed by atoms with Gasteiger partial charge < -0.3 is 24.9 Å². The molecule has 0 spiro atoms. The van der Waals surface area contributed by atoms with E-state index < -0.39 is 24.9 Å². The molecule has 9 heteroatoms. The van der Waals surface area contributed by atoms with Gasteiger partial charge in [-0.2, -0.15) is 0 Å². The van der Waals surface area contributed by atoms with Gasteiger partial charge in [0, 0.05) is 13.3 Å². The molecular weight excluding hydrogens is 346 g/mol. The monoisotopic (exact) mass is 366 g/mol. The van der Waals surface area contributed by atoms with Crippen molar-refractivity contribution in [2.45, 2.75) is 0 Å². The summed E-state index contributed by atoms with van der Waals surface area (Å²) in [6, 6.07) is 0. The summed E-state index contributed by atoms with van der Waals surface area (Å²) in [5.74, 6) is -1.63. The van der Waals surface area contributed by atoms with Crippen LogP contribution in [0.1, 0.15) is 0 Å². The second kappa shape index (κ2) is 10.7. The maximum Gasteiger partial charge on any atom is 0.227 e. The van der Waals surface area contributed by atoms with E-state index in [1.165, 1.54) is 26.6 Å². The highest BCUT2D eigenvalue weighted by Gasteiger charge is 2.18. The fourth-order valence-corrected chi connectivity index (χ4v) is 1.68. The van der Waals surface area contributed by atoms with E-state index in [0.717, 1.165) is 12.3 Å². The zero-order chi connectivity index (χ0) is 19.5. The van der Waals surface area contributed by atoms with Crippen molar-refractivity contribution in [2.24, 2.45) is 0 Å². The summed E-state index contributed by atoms with van der Waals surface area (Å²) in [5, 5.41) is 9.69. The van der Waals surface area contributed by atoms with Crippen LogP contribution in [0, 0.1) is 5.41 Å². The molecule has 2 N–H and O–H groups in total. The van der Waals surface area contributed by atoms with E-state index in [1.807, 2.05) is 0 Å². The normalized spacial score (nSPS) is 12.5. The largest absolute Gasteiger partial charge is 0.494 e. The molecule has 1 aromatic rings. The van der Waals surface area contributed by atoms with Crippen molar-refractivity contribution in [1.82, 2.24) is 9.97 Å². The molecule has 0 amide bonds.